The molecule has 0 saturated carbocycles. The van der Waals surface area contributed by atoms with Crippen molar-refractivity contribution in [1.82, 2.24) is 15.2 Å². The van der Waals surface area contributed by atoms with Crippen molar-refractivity contribution < 1.29 is 33.4 Å². The number of aromatic amines is 1. The summed E-state index contributed by atoms with van der Waals surface area (Å²) in [5, 5.41) is 2.73. The fourth-order valence-electron chi connectivity index (χ4n) is 4.51. The molecule has 10 nitrogen and oxygen atoms in total. The van der Waals surface area contributed by atoms with Crippen LogP contribution in [0.25, 0.3) is 0 Å². The number of carbonyl (C=O) groups excluding carboxylic acids is 4. The van der Waals surface area contributed by atoms with Crippen LogP contribution in [0.5, 0.6) is 11.5 Å². The van der Waals surface area contributed by atoms with E-state index in [1.807, 2.05) is 0 Å². The Kier molecular flexibility index (Phi) is 6.31. The van der Waals surface area contributed by atoms with Gasteiger partial charge in [0, 0.05) is 12.1 Å². The Morgan fingerprint density at radius 2 is 1.86 bits per heavy atom. The SMILES string of the molecule is CCOC(=O)c1c(C)[nH]c(C(=O)[C@H](C)N2C(=O)N[C@@](C)(c3ccc4c(c3)OCCCO4)C2=O)c1C. The number of benzene rings is 1. The maximum absolute atomic E-state index is 13.5. The van der Waals surface area contributed by atoms with Gasteiger partial charge in [-0.25, -0.2) is 9.59 Å². The topological polar surface area (TPSA) is 127 Å². The van der Waals surface area contributed by atoms with Gasteiger partial charge in [0.25, 0.3) is 5.91 Å². The third kappa shape index (κ3) is 4.02. The molecule has 2 aromatic rings. The van der Waals surface area contributed by atoms with E-state index in [0.717, 1.165) is 11.3 Å². The van der Waals surface area contributed by atoms with E-state index >= 15 is 0 Å². The number of esters is 1. The molecule has 0 spiro atoms. The molecular weight excluding hydrogens is 454 g/mol. The largest absolute Gasteiger partial charge is 0.490 e. The van der Waals surface area contributed by atoms with Gasteiger partial charge in [0.15, 0.2) is 11.5 Å². The summed E-state index contributed by atoms with van der Waals surface area (Å²) in [4.78, 5) is 56.0. The summed E-state index contributed by atoms with van der Waals surface area (Å²) >= 11 is 0. The quantitative estimate of drug-likeness (QED) is 0.367. The van der Waals surface area contributed by atoms with E-state index in [4.69, 9.17) is 14.2 Å². The van der Waals surface area contributed by atoms with Crippen molar-refractivity contribution >= 4 is 23.7 Å². The monoisotopic (exact) mass is 483 g/mol. The number of rotatable bonds is 6. The molecule has 0 unspecified atom stereocenters. The van der Waals surface area contributed by atoms with E-state index in [9.17, 15) is 19.2 Å². The normalized spacial score (nSPS) is 20.3. The van der Waals surface area contributed by atoms with Crippen molar-refractivity contribution in [2.24, 2.45) is 0 Å². The van der Waals surface area contributed by atoms with E-state index in [0.29, 0.717) is 41.5 Å². The molecule has 2 aliphatic heterocycles. The number of hydrogen-bond acceptors (Lipinski definition) is 7. The van der Waals surface area contributed by atoms with Crippen LogP contribution in [0.3, 0.4) is 0 Å². The first kappa shape index (κ1) is 24.3. The van der Waals surface area contributed by atoms with Crippen LogP contribution in [0.15, 0.2) is 18.2 Å². The van der Waals surface area contributed by atoms with Crippen LogP contribution in [0.4, 0.5) is 4.79 Å². The highest BCUT2D eigenvalue weighted by molar-refractivity contribution is 6.13. The third-order valence-corrected chi connectivity index (χ3v) is 6.48. The zero-order chi connectivity index (χ0) is 25.5. The van der Waals surface area contributed by atoms with Crippen LogP contribution >= 0.6 is 0 Å². The average Bonchev–Trinajstić information content (AvgIpc) is 3.10. The Hall–Kier alpha value is -3.82. The number of urea groups is 1. The molecule has 10 heteroatoms. The number of nitrogens with one attached hydrogen (secondary N) is 2. The minimum atomic E-state index is -1.40. The summed E-state index contributed by atoms with van der Waals surface area (Å²) < 4.78 is 16.5. The van der Waals surface area contributed by atoms with Crippen LogP contribution in [-0.2, 0) is 15.1 Å². The maximum Gasteiger partial charge on any atom is 0.340 e. The zero-order valence-electron chi connectivity index (χ0n) is 20.4. The molecule has 2 N–H and O–H groups in total. The second kappa shape index (κ2) is 9.09. The molecule has 4 rings (SSSR count). The maximum atomic E-state index is 13.5. The summed E-state index contributed by atoms with van der Waals surface area (Å²) in [5.74, 6) is -0.531. The number of carbonyl (C=O) groups is 4. The Balaban J connectivity index is 1.62. The number of ether oxygens (including phenoxy) is 3. The first-order valence-electron chi connectivity index (χ1n) is 11.6. The van der Waals surface area contributed by atoms with E-state index in [1.165, 1.54) is 6.92 Å². The summed E-state index contributed by atoms with van der Waals surface area (Å²) in [6.45, 7) is 9.27. The van der Waals surface area contributed by atoms with Crippen LogP contribution in [0, 0.1) is 13.8 Å². The van der Waals surface area contributed by atoms with E-state index in [1.54, 1.807) is 45.9 Å². The first-order chi connectivity index (χ1) is 16.6. The predicted octanol–water partition coefficient (Wildman–Crippen LogP) is 3.01. The molecule has 2 atom stereocenters. The molecule has 0 aliphatic carbocycles. The number of H-pyrrole nitrogens is 1. The molecule has 186 valence electrons. The lowest BCUT2D eigenvalue weighted by atomic mass is 9.91. The van der Waals surface area contributed by atoms with Crippen LogP contribution in [0.1, 0.15) is 64.9 Å². The van der Waals surface area contributed by atoms with Crippen molar-refractivity contribution in [1.29, 1.82) is 0 Å². The van der Waals surface area contributed by atoms with Crippen molar-refractivity contribution in [3.63, 3.8) is 0 Å². The number of aromatic nitrogens is 1. The van der Waals surface area contributed by atoms with E-state index in [-0.39, 0.29) is 17.9 Å². The number of Topliss-reactive ketones (excluding diaryl/α,β-unsaturated/α-hetero) is 1. The van der Waals surface area contributed by atoms with Crippen molar-refractivity contribution in [2.75, 3.05) is 19.8 Å². The van der Waals surface area contributed by atoms with Crippen molar-refractivity contribution in [3.8, 4) is 11.5 Å². The van der Waals surface area contributed by atoms with Crippen LogP contribution in [0.2, 0.25) is 0 Å². The minimum Gasteiger partial charge on any atom is -0.490 e. The van der Waals surface area contributed by atoms with Gasteiger partial charge in [0.2, 0.25) is 5.78 Å². The molecule has 1 saturated heterocycles. The molecule has 3 amide bonds. The van der Waals surface area contributed by atoms with Gasteiger partial charge < -0.3 is 24.5 Å². The van der Waals surface area contributed by atoms with Gasteiger partial charge in [-0.2, -0.15) is 0 Å². The number of aryl methyl sites for hydroxylation is 1. The van der Waals surface area contributed by atoms with Gasteiger partial charge in [-0.1, -0.05) is 6.07 Å². The molecule has 35 heavy (non-hydrogen) atoms. The number of nitrogens with zero attached hydrogens (tertiary/aromatic N) is 1. The van der Waals surface area contributed by atoms with Crippen molar-refractivity contribution in [2.45, 2.75) is 52.6 Å². The van der Waals surface area contributed by atoms with Gasteiger partial charge in [-0.15, -0.1) is 0 Å². The molecule has 1 aromatic carbocycles. The number of hydrogen-bond donors (Lipinski definition) is 2. The smallest absolute Gasteiger partial charge is 0.340 e. The van der Waals surface area contributed by atoms with Gasteiger partial charge in [0.05, 0.1) is 31.1 Å². The third-order valence-electron chi connectivity index (χ3n) is 6.48. The Morgan fingerprint density at radius 1 is 1.17 bits per heavy atom. The van der Waals surface area contributed by atoms with E-state index < -0.39 is 35.3 Å². The van der Waals surface area contributed by atoms with Gasteiger partial charge in [-0.3, -0.25) is 14.5 Å². The van der Waals surface area contributed by atoms with Gasteiger partial charge in [-0.05, 0) is 57.9 Å². The summed E-state index contributed by atoms with van der Waals surface area (Å²) in [5.41, 5.74) is 0.437. The highest BCUT2D eigenvalue weighted by Crippen LogP contribution is 2.37. The number of imide groups is 1. The zero-order valence-corrected chi connectivity index (χ0v) is 20.4. The lowest BCUT2D eigenvalue weighted by Crippen LogP contribution is -2.45. The van der Waals surface area contributed by atoms with Gasteiger partial charge in [0.1, 0.15) is 11.6 Å². The first-order valence-corrected chi connectivity index (χ1v) is 11.6. The van der Waals surface area contributed by atoms with Crippen molar-refractivity contribution in [3.05, 3.63) is 46.3 Å². The number of fused-ring (bicyclic) bond motifs is 1. The fraction of sp³-hybridized carbons (Fsp3) is 0.440. The Bertz CT molecular complexity index is 1220. The molecule has 1 aromatic heterocycles. The molecular formula is C25H29N3O7. The lowest BCUT2D eigenvalue weighted by molar-refractivity contribution is -0.131. The Labute approximate surface area is 202 Å². The molecule has 0 radical (unpaired) electrons. The van der Waals surface area contributed by atoms with E-state index in [2.05, 4.69) is 10.3 Å². The van der Waals surface area contributed by atoms with Crippen LogP contribution in [-0.4, -0.2) is 59.4 Å². The predicted molar refractivity (Wildman–Crippen MR) is 125 cm³/mol. The highest BCUT2D eigenvalue weighted by atomic mass is 16.5. The molecule has 2 aliphatic rings. The summed E-state index contributed by atoms with van der Waals surface area (Å²) in [7, 11) is 0. The lowest BCUT2D eigenvalue weighted by Gasteiger charge is -2.25. The fourth-order valence-corrected chi connectivity index (χ4v) is 4.51. The number of ketones is 1. The van der Waals surface area contributed by atoms with Crippen LogP contribution < -0.4 is 14.8 Å². The minimum absolute atomic E-state index is 0.155. The summed E-state index contributed by atoms with van der Waals surface area (Å²) in [6.07, 6.45) is 0.736. The Morgan fingerprint density at radius 3 is 2.54 bits per heavy atom. The average molecular weight is 484 g/mol. The second-order valence-electron chi connectivity index (χ2n) is 8.83. The molecule has 3 heterocycles. The van der Waals surface area contributed by atoms with Gasteiger partial charge >= 0.3 is 12.0 Å². The molecule has 0 bridgehead atoms. The molecule has 1 fully saturated rings. The number of amides is 3. The standard InChI is InChI=1S/C25H29N3O7/c1-6-33-22(30)19-13(2)20(26-14(19)3)21(29)15(4)28-23(31)25(5,27-24(28)32)16-8-9-17-18(12-16)35-11-7-10-34-17/h8-9,12,15,26H,6-7,10-11H2,1-5H3,(H,27,32)/t15-,25-/m0/s1. The summed E-state index contributed by atoms with van der Waals surface area (Å²) in [6, 6.07) is 3.29. The second-order valence-corrected chi connectivity index (χ2v) is 8.83. The highest BCUT2D eigenvalue weighted by Gasteiger charge is 2.52.